The Morgan fingerprint density at radius 1 is 1.07 bits per heavy atom. The molecule has 0 bridgehead atoms. The Kier molecular flexibility index (Phi) is 7.49. The zero-order valence-electron chi connectivity index (χ0n) is 17.0. The summed E-state index contributed by atoms with van der Waals surface area (Å²) in [6.45, 7) is 7.35. The number of nitrogens with zero attached hydrogens (tertiary/aromatic N) is 1. The smallest absolute Gasteiger partial charge is 0.318 e. The van der Waals surface area contributed by atoms with Gasteiger partial charge in [0.2, 0.25) is 5.91 Å². The van der Waals surface area contributed by atoms with Crippen LogP contribution in [0.5, 0.6) is 0 Å². The van der Waals surface area contributed by atoms with Crippen molar-refractivity contribution < 1.29 is 14.0 Å². The van der Waals surface area contributed by atoms with Gasteiger partial charge < -0.3 is 15.5 Å². The average Bonchev–Trinajstić information content (AvgIpc) is 2.60. The van der Waals surface area contributed by atoms with E-state index in [0.717, 1.165) is 22.4 Å². The molecule has 5 nitrogen and oxygen atoms in total. The summed E-state index contributed by atoms with van der Waals surface area (Å²) in [5.41, 5.74) is 4.16. The topological polar surface area (TPSA) is 61.4 Å². The molecule has 0 aliphatic heterocycles. The third-order valence-electron chi connectivity index (χ3n) is 4.52. The summed E-state index contributed by atoms with van der Waals surface area (Å²) in [5, 5.41) is 5.70. The number of rotatable bonds is 5. The first kappa shape index (κ1) is 23.0. The van der Waals surface area contributed by atoms with Crippen molar-refractivity contribution >= 4 is 40.8 Å². The van der Waals surface area contributed by atoms with Crippen LogP contribution in [-0.4, -0.2) is 30.4 Å². The van der Waals surface area contributed by atoms with Gasteiger partial charge in [-0.05, 0) is 56.5 Å². The fourth-order valence-corrected chi connectivity index (χ4v) is 3.63. The van der Waals surface area contributed by atoms with E-state index in [1.165, 1.54) is 24.1 Å². The number of amides is 3. The first-order valence-corrected chi connectivity index (χ1v) is 9.79. The van der Waals surface area contributed by atoms with Gasteiger partial charge in [0.15, 0.2) is 0 Å². The molecule has 3 amide bonds. The standard InChI is InChI=1S/C21H24Cl2FN3O2/c1-11-6-12(2)20(13(3)7-11)26-19(28)10-27(5)21(29)25-14(4)15-8-18(24)17(23)9-16(15)22/h6-9,14H,10H2,1-5H3,(H,25,29)(H,26,28). The van der Waals surface area contributed by atoms with Crippen molar-refractivity contribution in [2.45, 2.75) is 33.7 Å². The summed E-state index contributed by atoms with van der Waals surface area (Å²) in [7, 11) is 1.50. The van der Waals surface area contributed by atoms with Crippen molar-refractivity contribution in [1.29, 1.82) is 0 Å². The van der Waals surface area contributed by atoms with E-state index in [4.69, 9.17) is 23.2 Å². The lowest BCUT2D eigenvalue weighted by Crippen LogP contribution is -2.42. The van der Waals surface area contributed by atoms with Gasteiger partial charge in [0.1, 0.15) is 12.4 Å². The number of hydrogen-bond acceptors (Lipinski definition) is 2. The summed E-state index contributed by atoms with van der Waals surface area (Å²) >= 11 is 11.8. The average molecular weight is 440 g/mol. The largest absolute Gasteiger partial charge is 0.331 e. The molecular formula is C21H24Cl2FN3O2. The minimum atomic E-state index is -0.622. The number of anilines is 1. The van der Waals surface area contributed by atoms with Gasteiger partial charge in [0.25, 0.3) is 0 Å². The van der Waals surface area contributed by atoms with Gasteiger partial charge in [0, 0.05) is 17.8 Å². The number of halogens is 3. The normalized spacial score (nSPS) is 11.7. The predicted molar refractivity (Wildman–Crippen MR) is 115 cm³/mol. The fraction of sp³-hybridized carbons (Fsp3) is 0.333. The molecule has 2 aromatic rings. The molecule has 0 saturated heterocycles. The third-order valence-corrected chi connectivity index (χ3v) is 5.13. The second-order valence-electron chi connectivity index (χ2n) is 7.14. The SMILES string of the molecule is Cc1cc(C)c(NC(=O)CN(C)C(=O)NC(C)c2cc(F)c(Cl)cc2Cl)c(C)c1. The van der Waals surface area contributed by atoms with Crippen molar-refractivity contribution in [3.05, 3.63) is 62.4 Å². The lowest BCUT2D eigenvalue weighted by atomic mass is 10.1. The Balaban J connectivity index is 2.00. The first-order chi connectivity index (χ1) is 13.5. The Morgan fingerprint density at radius 3 is 2.24 bits per heavy atom. The van der Waals surface area contributed by atoms with Gasteiger partial charge in [-0.2, -0.15) is 0 Å². The third kappa shape index (κ3) is 5.84. The maximum atomic E-state index is 13.7. The summed E-state index contributed by atoms with van der Waals surface area (Å²) in [4.78, 5) is 26.1. The van der Waals surface area contributed by atoms with E-state index in [1.54, 1.807) is 6.92 Å². The van der Waals surface area contributed by atoms with Crippen LogP contribution in [0.3, 0.4) is 0 Å². The Morgan fingerprint density at radius 2 is 1.66 bits per heavy atom. The molecule has 8 heteroatoms. The molecule has 29 heavy (non-hydrogen) atoms. The molecule has 2 aromatic carbocycles. The fourth-order valence-electron chi connectivity index (χ4n) is 3.09. The number of carbonyl (C=O) groups excluding carboxylic acids is 2. The van der Waals surface area contributed by atoms with Crippen LogP contribution in [0.1, 0.15) is 35.2 Å². The van der Waals surface area contributed by atoms with Crippen LogP contribution in [0, 0.1) is 26.6 Å². The molecule has 1 unspecified atom stereocenters. The maximum absolute atomic E-state index is 13.7. The highest BCUT2D eigenvalue weighted by molar-refractivity contribution is 6.35. The van der Waals surface area contributed by atoms with Crippen LogP contribution in [0.2, 0.25) is 10.0 Å². The second kappa shape index (κ2) is 9.46. The molecule has 0 radical (unpaired) electrons. The van der Waals surface area contributed by atoms with E-state index in [9.17, 15) is 14.0 Å². The maximum Gasteiger partial charge on any atom is 0.318 e. The number of likely N-dealkylation sites (N-methyl/N-ethyl adjacent to an activating group) is 1. The number of aryl methyl sites for hydroxylation is 3. The molecule has 1 atom stereocenters. The van der Waals surface area contributed by atoms with Crippen LogP contribution in [0.25, 0.3) is 0 Å². The molecule has 0 aromatic heterocycles. The zero-order valence-corrected chi connectivity index (χ0v) is 18.5. The molecule has 0 saturated carbocycles. The van der Waals surface area contributed by atoms with Gasteiger partial charge in [-0.15, -0.1) is 0 Å². The van der Waals surface area contributed by atoms with Gasteiger partial charge >= 0.3 is 6.03 Å². The Hall–Kier alpha value is -2.31. The molecule has 0 fully saturated rings. The lowest BCUT2D eigenvalue weighted by molar-refractivity contribution is -0.116. The van der Waals surface area contributed by atoms with Crippen LogP contribution >= 0.6 is 23.2 Å². The van der Waals surface area contributed by atoms with Crippen molar-refractivity contribution in [3.63, 3.8) is 0 Å². The summed E-state index contributed by atoms with van der Waals surface area (Å²) < 4.78 is 13.7. The van der Waals surface area contributed by atoms with Crippen molar-refractivity contribution in [3.8, 4) is 0 Å². The van der Waals surface area contributed by atoms with Gasteiger partial charge in [0.05, 0.1) is 11.1 Å². The molecule has 0 aliphatic carbocycles. The van der Waals surface area contributed by atoms with Crippen LogP contribution in [-0.2, 0) is 4.79 Å². The molecule has 0 spiro atoms. The van der Waals surface area contributed by atoms with Gasteiger partial charge in [-0.1, -0.05) is 40.9 Å². The molecule has 2 rings (SSSR count). The van der Waals surface area contributed by atoms with Crippen molar-refractivity contribution in [1.82, 2.24) is 10.2 Å². The van der Waals surface area contributed by atoms with E-state index >= 15 is 0 Å². The summed E-state index contributed by atoms with van der Waals surface area (Å²) in [6, 6.07) is 5.38. The van der Waals surface area contributed by atoms with Gasteiger partial charge in [-0.3, -0.25) is 4.79 Å². The minimum Gasteiger partial charge on any atom is -0.331 e. The Bertz CT molecular complexity index is 927. The first-order valence-electron chi connectivity index (χ1n) is 9.03. The van der Waals surface area contributed by atoms with E-state index in [-0.39, 0.29) is 22.5 Å². The predicted octanol–water partition coefficient (Wildman–Crippen LogP) is 5.40. The monoisotopic (exact) mass is 439 g/mol. The molecule has 0 heterocycles. The quantitative estimate of drug-likeness (QED) is 0.612. The van der Waals surface area contributed by atoms with Crippen LogP contribution in [0.15, 0.2) is 24.3 Å². The van der Waals surface area contributed by atoms with Crippen molar-refractivity contribution in [2.75, 3.05) is 18.9 Å². The van der Waals surface area contributed by atoms with E-state index in [2.05, 4.69) is 10.6 Å². The highest BCUT2D eigenvalue weighted by Gasteiger charge is 2.19. The molecule has 2 N–H and O–H groups in total. The lowest BCUT2D eigenvalue weighted by Gasteiger charge is -2.22. The summed E-state index contributed by atoms with van der Waals surface area (Å²) in [5.74, 6) is -0.940. The Labute approximate surface area is 180 Å². The summed E-state index contributed by atoms with van der Waals surface area (Å²) in [6.07, 6.45) is 0. The number of benzene rings is 2. The molecular weight excluding hydrogens is 416 g/mol. The second-order valence-corrected chi connectivity index (χ2v) is 7.95. The van der Waals surface area contributed by atoms with E-state index in [1.807, 2.05) is 32.9 Å². The zero-order chi connectivity index (χ0) is 21.9. The number of carbonyl (C=O) groups is 2. The van der Waals surface area contributed by atoms with E-state index < -0.39 is 17.9 Å². The molecule has 156 valence electrons. The minimum absolute atomic E-state index is 0.0900. The highest BCUT2D eigenvalue weighted by atomic mass is 35.5. The van der Waals surface area contributed by atoms with Gasteiger partial charge in [-0.25, -0.2) is 9.18 Å². The number of nitrogens with one attached hydrogen (secondary N) is 2. The van der Waals surface area contributed by atoms with Crippen LogP contribution < -0.4 is 10.6 Å². The molecule has 0 aliphatic rings. The van der Waals surface area contributed by atoms with Crippen molar-refractivity contribution in [2.24, 2.45) is 0 Å². The number of hydrogen-bond donors (Lipinski definition) is 2. The highest BCUT2D eigenvalue weighted by Crippen LogP contribution is 2.28. The number of urea groups is 1. The van der Waals surface area contributed by atoms with Crippen LogP contribution in [0.4, 0.5) is 14.9 Å². The van der Waals surface area contributed by atoms with E-state index in [0.29, 0.717) is 5.56 Å².